The molecule has 0 bridgehead atoms. The standard InChI is InChI=1S/C19H24N4O4S.C11H16N2O2.C8H9ClN2O2S/c1-6-26-16(24)14-11-20-17(28-5)23-15(14)21-12-8-7-9-13(10-12)22-18(25)27-19(2,3)4;1-11(2,3)15-10(14)13-9-6-4-5-8(12)7-9;1-3-13-7(12)5-4-10-8(14-2)11-6(5)9/h7-11H,6H2,1-5H3,(H,22,25)(H,20,21,23);4-7H,12H2,1-3H3,(H,13,14);4H,3H2,1-2H3. The Kier molecular flexibility index (Phi) is 19.3. The summed E-state index contributed by atoms with van der Waals surface area (Å²) in [4.78, 5) is 63.1. The van der Waals surface area contributed by atoms with Gasteiger partial charge in [0, 0.05) is 35.1 Å². The molecular formula is C38H49ClN8O8S2. The van der Waals surface area contributed by atoms with Gasteiger partial charge in [0.25, 0.3) is 0 Å². The first-order valence-corrected chi connectivity index (χ1v) is 20.1. The molecule has 0 saturated carbocycles. The second-order valence-electron chi connectivity index (χ2n) is 13.2. The molecule has 0 fully saturated rings. The van der Waals surface area contributed by atoms with Gasteiger partial charge in [-0.25, -0.2) is 39.1 Å². The van der Waals surface area contributed by atoms with Crippen LogP contribution < -0.4 is 21.7 Å². The van der Waals surface area contributed by atoms with Crippen LogP contribution in [0.15, 0.2) is 71.2 Å². The van der Waals surface area contributed by atoms with E-state index in [0.29, 0.717) is 45.5 Å². The number of rotatable bonds is 10. The molecule has 0 atom stereocenters. The first-order chi connectivity index (χ1) is 26.8. The van der Waals surface area contributed by atoms with Crippen LogP contribution in [0.2, 0.25) is 5.15 Å². The maximum atomic E-state index is 12.2. The number of hydrogen-bond acceptors (Lipinski definition) is 16. The lowest BCUT2D eigenvalue weighted by molar-refractivity contribution is 0.0516. The third-order valence-electron chi connectivity index (χ3n) is 6.15. The molecule has 16 nitrogen and oxygen atoms in total. The molecule has 2 amide bonds. The molecule has 0 aliphatic rings. The minimum atomic E-state index is -0.594. The lowest BCUT2D eigenvalue weighted by Crippen LogP contribution is -2.27. The van der Waals surface area contributed by atoms with Crippen molar-refractivity contribution in [3.8, 4) is 0 Å². The van der Waals surface area contributed by atoms with Gasteiger partial charge in [-0.15, -0.1) is 0 Å². The number of nitrogens with one attached hydrogen (secondary N) is 3. The first-order valence-electron chi connectivity index (χ1n) is 17.3. The van der Waals surface area contributed by atoms with E-state index >= 15 is 0 Å². The van der Waals surface area contributed by atoms with E-state index in [9.17, 15) is 19.2 Å². The van der Waals surface area contributed by atoms with E-state index < -0.39 is 35.3 Å². The topological polar surface area (TPSA) is 219 Å². The van der Waals surface area contributed by atoms with Crippen LogP contribution in [0.3, 0.4) is 0 Å². The van der Waals surface area contributed by atoms with Crippen molar-refractivity contribution in [3.63, 3.8) is 0 Å². The number of nitrogens with two attached hydrogens (primary N) is 1. The van der Waals surface area contributed by atoms with Crippen LogP contribution in [0.25, 0.3) is 0 Å². The van der Waals surface area contributed by atoms with Crippen molar-refractivity contribution in [1.29, 1.82) is 0 Å². The minimum absolute atomic E-state index is 0.128. The highest BCUT2D eigenvalue weighted by Crippen LogP contribution is 2.25. The van der Waals surface area contributed by atoms with E-state index in [0.717, 1.165) is 0 Å². The summed E-state index contributed by atoms with van der Waals surface area (Å²) in [6.45, 7) is 14.8. The fourth-order valence-corrected chi connectivity index (χ4v) is 4.92. The molecule has 0 radical (unpaired) electrons. The van der Waals surface area contributed by atoms with E-state index in [1.807, 2.05) is 33.3 Å². The Labute approximate surface area is 346 Å². The summed E-state index contributed by atoms with van der Waals surface area (Å²) in [5, 5.41) is 9.54. The predicted octanol–water partition coefficient (Wildman–Crippen LogP) is 9.11. The molecule has 2 aromatic heterocycles. The summed E-state index contributed by atoms with van der Waals surface area (Å²) >= 11 is 8.49. The molecule has 19 heteroatoms. The predicted molar refractivity (Wildman–Crippen MR) is 225 cm³/mol. The zero-order valence-electron chi connectivity index (χ0n) is 33.5. The Balaban J connectivity index is 0.000000325. The quantitative estimate of drug-likeness (QED) is 0.0292. The van der Waals surface area contributed by atoms with E-state index in [1.54, 1.807) is 83.1 Å². The van der Waals surface area contributed by atoms with E-state index in [-0.39, 0.29) is 22.9 Å². The molecule has 4 rings (SSSR count). The van der Waals surface area contributed by atoms with Gasteiger partial charge < -0.3 is 30.0 Å². The molecule has 0 aliphatic heterocycles. The largest absolute Gasteiger partial charge is 0.462 e. The number of carbonyl (C=O) groups is 4. The van der Waals surface area contributed by atoms with E-state index in [1.165, 1.54) is 35.9 Å². The number of aromatic nitrogens is 4. The van der Waals surface area contributed by atoms with Crippen LogP contribution in [-0.4, -0.2) is 81.0 Å². The molecule has 0 aliphatic carbocycles. The Morgan fingerprint density at radius 3 is 1.63 bits per heavy atom. The summed E-state index contributed by atoms with van der Waals surface area (Å²) < 4.78 is 20.2. The van der Waals surface area contributed by atoms with Crippen molar-refractivity contribution in [3.05, 3.63) is 77.2 Å². The molecule has 2 heterocycles. The number of carbonyl (C=O) groups excluding carboxylic acids is 4. The van der Waals surface area contributed by atoms with Crippen molar-refractivity contribution in [2.45, 2.75) is 76.9 Å². The van der Waals surface area contributed by atoms with Crippen LogP contribution in [0.1, 0.15) is 76.1 Å². The van der Waals surface area contributed by atoms with Crippen LogP contribution >= 0.6 is 35.1 Å². The fourth-order valence-electron chi connectivity index (χ4n) is 3.98. The fraction of sp³-hybridized carbons (Fsp3) is 0.368. The number of nitrogen functional groups attached to an aromatic ring is 1. The van der Waals surface area contributed by atoms with Crippen LogP contribution in [0.4, 0.5) is 38.2 Å². The van der Waals surface area contributed by atoms with Gasteiger partial charge in [0.05, 0.1) is 13.2 Å². The molecule has 2 aromatic carbocycles. The molecule has 57 heavy (non-hydrogen) atoms. The van der Waals surface area contributed by atoms with Crippen molar-refractivity contribution >= 4 is 87.8 Å². The second-order valence-corrected chi connectivity index (χ2v) is 15.1. The molecule has 0 saturated heterocycles. The van der Waals surface area contributed by atoms with Gasteiger partial charge in [-0.05, 0) is 104 Å². The van der Waals surface area contributed by atoms with Crippen molar-refractivity contribution in [1.82, 2.24) is 19.9 Å². The van der Waals surface area contributed by atoms with Crippen LogP contribution in [0.5, 0.6) is 0 Å². The van der Waals surface area contributed by atoms with Gasteiger partial charge in [-0.2, -0.15) is 0 Å². The van der Waals surface area contributed by atoms with Gasteiger partial charge in [0.1, 0.15) is 33.3 Å². The lowest BCUT2D eigenvalue weighted by Gasteiger charge is -2.20. The Morgan fingerprint density at radius 1 is 0.702 bits per heavy atom. The number of esters is 2. The Hall–Kier alpha value is -5.33. The Bertz CT molecular complexity index is 1980. The van der Waals surface area contributed by atoms with Gasteiger partial charge in [0.2, 0.25) is 0 Å². The molecular weight excluding hydrogens is 796 g/mol. The second kappa shape index (κ2) is 23.0. The number of halogens is 1. The minimum Gasteiger partial charge on any atom is -0.462 e. The van der Waals surface area contributed by atoms with Gasteiger partial charge in [-0.3, -0.25) is 10.6 Å². The maximum absolute atomic E-state index is 12.2. The smallest absolute Gasteiger partial charge is 0.412 e. The zero-order valence-corrected chi connectivity index (χ0v) is 35.9. The van der Waals surface area contributed by atoms with Gasteiger partial charge in [0.15, 0.2) is 10.3 Å². The highest BCUT2D eigenvalue weighted by atomic mass is 35.5. The average Bonchev–Trinajstić information content (AvgIpc) is 3.10. The number of nitrogens with zero attached hydrogens (tertiary/aromatic N) is 4. The number of anilines is 5. The summed E-state index contributed by atoms with van der Waals surface area (Å²) in [5.41, 5.74) is 7.30. The maximum Gasteiger partial charge on any atom is 0.412 e. The van der Waals surface area contributed by atoms with E-state index in [4.69, 9.17) is 36.3 Å². The molecule has 4 aromatic rings. The van der Waals surface area contributed by atoms with Crippen LogP contribution in [0, 0.1) is 0 Å². The van der Waals surface area contributed by atoms with Crippen molar-refractivity contribution < 1.29 is 38.1 Å². The molecule has 5 N–H and O–H groups in total. The van der Waals surface area contributed by atoms with Gasteiger partial charge in [-0.1, -0.05) is 47.3 Å². The summed E-state index contributed by atoms with van der Waals surface area (Å²) in [6, 6.07) is 13.9. The van der Waals surface area contributed by atoms with E-state index in [2.05, 4.69) is 35.9 Å². The third kappa shape index (κ3) is 18.4. The Morgan fingerprint density at radius 2 is 1.16 bits per heavy atom. The molecule has 0 spiro atoms. The number of benzene rings is 2. The van der Waals surface area contributed by atoms with Crippen LogP contribution in [-0.2, 0) is 18.9 Å². The highest BCUT2D eigenvalue weighted by Gasteiger charge is 2.19. The van der Waals surface area contributed by atoms with Crippen molar-refractivity contribution in [2.24, 2.45) is 0 Å². The number of ether oxygens (including phenoxy) is 4. The number of thioether (sulfide) groups is 2. The summed E-state index contributed by atoms with van der Waals surface area (Å²) in [7, 11) is 0. The first kappa shape index (κ1) is 47.8. The SMILES string of the molecule is CC(C)(C)OC(=O)Nc1cccc(N)c1.CCOC(=O)c1cnc(SC)nc1Cl.CCOC(=O)c1cnc(SC)nc1Nc1cccc(NC(=O)OC(C)(C)C)c1. The van der Waals surface area contributed by atoms with Crippen molar-refractivity contribution in [2.75, 3.05) is 47.4 Å². The number of amides is 2. The summed E-state index contributed by atoms with van der Waals surface area (Å²) in [5.74, 6) is -0.682. The highest BCUT2D eigenvalue weighted by molar-refractivity contribution is 7.98. The molecule has 0 unspecified atom stereocenters. The summed E-state index contributed by atoms with van der Waals surface area (Å²) in [6.07, 6.45) is 5.45. The lowest BCUT2D eigenvalue weighted by atomic mass is 10.2. The van der Waals surface area contributed by atoms with Gasteiger partial charge >= 0.3 is 24.1 Å². The zero-order chi connectivity index (χ0) is 42.8. The number of hydrogen-bond donors (Lipinski definition) is 4. The normalized spacial score (nSPS) is 10.6. The monoisotopic (exact) mass is 844 g/mol. The molecule has 308 valence electrons. The average molecular weight is 845 g/mol. The third-order valence-corrected chi connectivity index (χ3v) is 7.56.